The number of carboxylic acid groups (broad SMARTS) is 1. The van der Waals surface area contributed by atoms with Crippen molar-refractivity contribution >= 4 is 27.4 Å². The molecule has 5 nitrogen and oxygen atoms in total. The Morgan fingerprint density at radius 3 is 2.72 bits per heavy atom. The van der Waals surface area contributed by atoms with Crippen LogP contribution in [0.2, 0.25) is 0 Å². The molecule has 0 saturated carbocycles. The molecule has 0 bridgehead atoms. The number of aromatic nitrogens is 2. The molecule has 0 radical (unpaired) electrons. The van der Waals surface area contributed by atoms with Crippen LogP contribution in [0, 0.1) is 19.7 Å². The molecule has 0 aliphatic rings. The minimum absolute atomic E-state index is 0.230. The lowest BCUT2D eigenvalue weighted by atomic mass is 10.1. The smallest absolute Gasteiger partial charge is 0.339 e. The van der Waals surface area contributed by atoms with E-state index in [0.29, 0.717) is 17.8 Å². The fraction of sp³-hybridized carbons (Fsp3) is 0.182. The average Bonchev–Trinajstić information content (AvgIpc) is 3.22. The molecule has 0 spiro atoms. The number of aryl methyl sites for hydroxylation is 1. The molecule has 29 heavy (non-hydrogen) atoms. The van der Waals surface area contributed by atoms with Gasteiger partial charge in [-0.05, 0) is 49.1 Å². The SMILES string of the molecule is COc1cc(Cc2cc3cccc(-n4nc(C)c(C(=O)O)c4C)c3s2)ccc1F. The summed E-state index contributed by atoms with van der Waals surface area (Å²) in [5.74, 6) is -1.13. The van der Waals surface area contributed by atoms with Crippen molar-refractivity contribution in [1.82, 2.24) is 9.78 Å². The van der Waals surface area contributed by atoms with Crippen LogP contribution in [-0.4, -0.2) is 28.0 Å². The van der Waals surface area contributed by atoms with E-state index in [1.165, 1.54) is 13.2 Å². The Kier molecular flexibility index (Phi) is 4.84. The Bertz CT molecular complexity index is 1240. The monoisotopic (exact) mass is 410 g/mol. The summed E-state index contributed by atoms with van der Waals surface area (Å²) in [7, 11) is 1.45. The Labute approximate surface area is 171 Å². The van der Waals surface area contributed by atoms with Gasteiger partial charge in [-0.2, -0.15) is 5.10 Å². The first kappa shape index (κ1) is 19.1. The molecule has 148 valence electrons. The number of halogens is 1. The molecule has 0 aliphatic carbocycles. The largest absolute Gasteiger partial charge is 0.494 e. The van der Waals surface area contributed by atoms with Crippen molar-refractivity contribution in [2.75, 3.05) is 7.11 Å². The lowest BCUT2D eigenvalue weighted by molar-refractivity contribution is 0.0695. The second kappa shape index (κ2) is 7.33. The van der Waals surface area contributed by atoms with Gasteiger partial charge >= 0.3 is 5.97 Å². The highest BCUT2D eigenvalue weighted by Crippen LogP contribution is 2.34. The Balaban J connectivity index is 1.77. The summed E-state index contributed by atoms with van der Waals surface area (Å²) in [4.78, 5) is 12.7. The van der Waals surface area contributed by atoms with Crippen LogP contribution in [0.5, 0.6) is 5.75 Å². The third-order valence-corrected chi connectivity index (χ3v) is 6.07. The van der Waals surface area contributed by atoms with Gasteiger partial charge < -0.3 is 9.84 Å². The molecule has 0 fully saturated rings. The van der Waals surface area contributed by atoms with Crippen LogP contribution in [0.15, 0.2) is 42.5 Å². The van der Waals surface area contributed by atoms with E-state index in [2.05, 4.69) is 11.2 Å². The molecule has 2 heterocycles. The fourth-order valence-electron chi connectivity index (χ4n) is 3.56. The molecule has 2 aromatic heterocycles. The summed E-state index contributed by atoms with van der Waals surface area (Å²) in [5, 5.41) is 15.0. The number of ether oxygens (including phenoxy) is 1. The normalized spacial score (nSPS) is 11.2. The number of hydrogen-bond acceptors (Lipinski definition) is 4. The van der Waals surface area contributed by atoms with Crippen molar-refractivity contribution in [2.45, 2.75) is 20.3 Å². The van der Waals surface area contributed by atoms with Crippen LogP contribution >= 0.6 is 11.3 Å². The first-order chi connectivity index (χ1) is 13.9. The summed E-state index contributed by atoms with van der Waals surface area (Å²) in [6, 6.07) is 12.9. The summed E-state index contributed by atoms with van der Waals surface area (Å²) >= 11 is 1.62. The lowest BCUT2D eigenvalue weighted by Gasteiger charge is -2.06. The molecule has 1 N–H and O–H groups in total. The molecule has 4 rings (SSSR count). The van der Waals surface area contributed by atoms with Gasteiger partial charge in [0.25, 0.3) is 0 Å². The number of carbonyl (C=O) groups is 1. The van der Waals surface area contributed by atoms with Crippen LogP contribution in [0.3, 0.4) is 0 Å². The van der Waals surface area contributed by atoms with Gasteiger partial charge in [0.2, 0.25) is 0 Å². The van der Waals surface area contributed by atoms with Crippen molar-refractivity contribution in [2.24, 2.45) is 0 Å². The van der Waals surface area contributed by atoms with Crippen LogP contribution < -0.4 is 4.74 Å². The van der Waals surface area contributed by atoms with Crippen molar-refractivity contribution in [1.29, 1.82) is 0 Å². The molecule has 7 heteroatoms. The molecule has 4 aromatic rings. The highest BCUT2D eigenvalue weighted by atomic mass is 32.1. The number of methoxy groups -OCH3 is 1. The Hall–Kier alpha value is -3.19. The topological polar surface area (TPSA) is 64.4 Å². The van der Waals surface area contributed by atoms with Gasteiger partial charge in [-0.25, -0.2) is 13.9 Å². The molecule has 2 aromatic carbocycles. The predicted octanol–water partition coefficient (Wildman–Crippen LogP) is 5.14. The number of hydrogen-bond donors (Lipinski definition) is 1. The maximum atomic E-state index is 13.7. The van der Waals surface area contributed by atoms with E-state index in [1.807, 2.05) is 18.2 Å². The quantitative estimate of drug-likeness (QED) is 0.495. The minimum Gasteiger partial charge on any atom is -0.494 e. The van der Waals surface area contributed by atoms with E-state index in [9.17, 15) is 14.3 Å². The first-order valence-electron chi connectivity index (χ1n) is 9.02. The molecule has 0 atom stereocenters. The predicted molar refractivity (Wildman–Crippen MR) is 111 cm³/mol. The van der Waals surface area contributed by atoms with Gasteiger partial charge in [0.05, 0.1) is 28.9 Å². The Morgan fingerprint density at radius 1 is 1.24 bits per heavy atom. The standard InChI is InChI=1S/C22H19FN2O3S/c1-12-20(22(26)27)13(2)25(24-12)18-6-4-5-15-11-16(29-21(15)18)9-14-7-8-17(23)19(10-14)28-3/h4-8,10-11H,9H2,1-3H3,(H,26,27). The maximum Gasteiger partial charge on any atom is 0.339 e. The number of thiophene rings is 1. The van der Waals surface area contributed by atoms with Crippen LogP contribution in [-0.2, 0) is 6.42 Å². The highest BCUT2D eigenvalue weighted by molar-refractivity contribution is 7.19. The number of fused-ring (bicyclic) bond motifs is 1. The van der Waals surface area contributed by atoms with Gasteiger partial charge in [0.15, 0.2) is 11.6 Å². The van der Waals surface area contributed by atoms with E-state index >= 15 is 0 Å². The van der Waals surface area contributed by atoms with Crippen LogP contribution in [0.4, 0.5) is 4.39 Å². The zero-order valence-electron chi connectivity index (χ0n) is 16.2. The first-order valence-corrected chi connectivity index (χ1v) is 9.84. The number of rotatable bonds is 5. The maximum absolute atomic E-state index is 13.7. The molecular weight excluding hydrogens is 391 g/mol. The third-order valence-electron chi connectivity index (χ3n) is 4.90. The molecule has 0 amide bonds. The zero-order chi connectivity index (χ0) is 20.7. The fourth-order valence-corrected chi connectivity index (χ4v) is 4.75. The molecule has 0 unspecified atom stereocenters. The molecular formula is C22H19FN2O3S. The summed E-state index contributed by atoms with van der Waals surface area (Å²) in [6.07, 6.45) is 0.646. The Morgan fingerprint density at radius 2 is 2.03 bits per heavy atom. The lowest BCUT2D eigenvalue weighted by Crippen LogP contribution is -2.02. The number of benzene rings is 2. The summed E-state index contributed by atoms with van der Waals surface area (Å²) in [5.41, 5.74) is 3.12. The van der Waals surface area contributed by atoms with Crippen LogP contribution in [0.25, 0.3) is 15.8 Å². The van der Waals surface area contributed by atoms with Crippen molar-refractivity contribution in [3.63, 3.8) is 0 Å². The number of aromatic carboxylic acids is 1. The van der Waals surface area contributed by atoms with Gasteiger partial charge in [-0.1, -0.05) is 18.2 Å². The zero-order valence-corrected chi connectivity index (χ0v) is 17.0. The van der Waals surface area contributed by atoms with Gasteiger partial charge in [0, 0.05) is 11.3 Å². The average molecular weight is 410 g/mol. The number of nitrogens with zero attached hydrogens (tertiary/aromatic N) is 2. The second-order valence-corrected chi connectivity index (χ2v) is 7.95. The van der Waals surface area contributed by atoms with Gasteiger partial charge in [0.1, 0.15) is 5.56 Å². The van der Waals surface area contributed by atoms with E-state index in [0.717, 1.165) is 26.2 Å². The van der Waals surface area contributed by atoms with E-state index in [4.69, 9.17) is 4.74 Å². The highest BCUT2D eigenvalue weighted by Gasteiger charge is 2.20. The van der Waals surface area contributed by atoms with Crippen molar-refractivity contribution in [3.05, 3.63) is 75.7 Å². The number of carboxylic acids is 1. The summed E-state index contributed by atoms with van der Waals surface area (Å²) in [6.45, 7) is 3.47. The molecule has 0 saturated heterocycles. The minimum atomic E-state index is -0.976. The van der Waals surface area contributed by atoms with Crippen LogP contribution in [0.1, 0.15) is 32.2 Å². The van der Waals surface area contributed by atoms with Crippen molar-refractivity contribution < 1.29 is 19.0 Å². The van der Waals surface area contributed by atoms with E-state index < -0.39 is 5.97 Å². The second-order valence-electron chi connectivity index (χ2n) is 6.82. The van der Waals surface area contributed by atoms with Crippen molar-refractivity contribution in [3.8, 4) is 11.4 Å². The molecule has 0 aliphatic heterocycles. The van der Waals surface area contributed by atoms with E-state index in [-0.39, 0.29) is 17.1 Å². The van der Waals surface area contributed by atoms with Gasteiger partial charge in [-0.15, -0.1) is 11.3 Å². The third kappa shape index (κ3) is 3.38. The summed E-state index contributed by atoms with van der Waals surface area (Å²) < 4.78 is 21.5. The van der Waals surface area contributed by atoms with E-state index in [1.54, 1.807) is 42.0 Å². The van der Waals surface area contributed by atoms with Gasteiger partial charge in [-0.3, -0.25) is 0 Å².